The minimum absolute atomic E-state index is 0.124. The van der Waals surface area contributed by atoms with Crippen molar-refractivity contribution in [3.63, 3.8) is 0 Å². The van der Waals surface area contributed by atoms with Crippen LogP contribution in [-0.2, 0) is 73.2 Å². The van der Waals surface area contributed by atoms with E-state index < -0.39 is 30.4 Å². The van der Waals surface area contributed by atoms with Crippen molar-refractivity contribution in [3.8, 4) is 0 Å². The molecule has 0 aliphatic carbocycles. The Morgan fingerprint density at radius 3 is 1.67 bits per heavy atom. The lowest BCUT2D eigenvalue weighted by atomic mass is 10.1. The van der Waals surface area contributed by atoms with Crippen LogP contribution < -0.4 is 38.6 Å². The van der Waals surface area contributed by atoms with Gasteiger partial charge in [0, 0.05) is 37.6 Å². The molecule has 0 aliphatic rings. The van der Waals surface area contributed by atoms with Crippen LogP contribution in [0.1, 0.15) is 31.7 Å². The van der Waals surface area contributed by atoms with Crippen LogP contribution in [0.25, 0.3) is 0 Å². The summed E-state index contributed by atoms with van der Waals surface area (Å²) in [7, 11) is 1.81. The van der Waals surface area contributed by atoms with Crippen molar-refractivity contribution in [2.24, 2.45) is 17.3 Å². The predicted octanol–water partition coefficient (Wildman–Crippen LogP) is -1.24. The maximum absolute atomic E-state index is 13.0. The van der Waals surface area contributed by atoms with E-state index in [1.165, 1.54) is 11.9 Å². The Bertz CT molecular complexity index is 1350. The highest BCUT2D eigenvalue weighted by atomic mass is 16.6. The van der Waals surface area contributed by atoms with Crippen molar-refractivity contribution in [3.05, 3.63) is 41.7 Å². The fraction of sp³-hybridized carbons (Fsp3) is 0.707. The number of hydrogen-bond acceptors (Lipinski definition) is 19. The molecule has 3 amide bonds. The van der Waals surface area contributed by atoms with Gasteiger partial charge < -0.3 is 85.1 Å². The van der Waals surface area contributed by atoms with Crippen molar-refractivity contribution in [2.75, 3.05) is 157 Å². The molecule has 1 atom stereocenters. The third kappa shape index (κ3) is 36.0. The highest BCUT2D eigenvalue weighted by Crippen LogP contribution is 2.12. The number of likely N-dealkylation sites (N-methyl/N-ethyl adjacent to an activating group) is 1. The Hall–Kier alpha value is -4.04. The summed E-state index contributed by atoms with van der Waals surface area (Å²) < 4.78 is 54.0. The molecule has 1 aromatic rings. The second-order valence-corrected chi connectivity index (χ2v) is 13.6. The molecule has 0 aliphatic heterocycles. The number of hydrazine groups is 1. The summed E-state index contributed by atoms with van der Waals surface area (Å²) in [6.07, 6.45) is 3.34. The van der Waals surface area contributed by atoms with Crippen LogP contribution in [0.5, 0.6) is 0 Å². The van der Waals surface area contributed by atoms with Gasteiger partial charge in [0.1, 0.15) is 25.9 Å². The monoisotopic (exact) mass is 903 g/mol. The van der Waals surface area contributed by atoms with E-state index in [0.29, 0.717) is 149 Å². The van der Waals surface area contributed by atoms with Gasteiger partial charge in [0.15, 0.2) is 0 Å². The standard InChI is InChI=1S/C41H74N8O14/c1-34(50)63-31-35-6-8-37(9-7-35)47-41(53)38(5-3-4-10-42)48-40(52)33-62-32-39(51)46-11-13-54-15-17-56-19-21-58-23-25-60-27-28-61-26-24-59-22-20-57-18-16-55-14-12-49(44)30-36(43)29-45-2/h6-9,30,38,45H,3-5,10-29,31-33,42-44H2,1-2H3,(H,46,51)(H,47,53)(H,48,52)/b36-30-. The van der Waals surface area contributed by atoms with Crippen LogP contribution in [0.2, 0.25) is 0 Å². The maximum atomic E-state index is 13.0. The largest absolute Gasteiger partial charge is 0.461 e. The molecule has 0 radical (unpaired) electrons. The second-order valence-electron chi connectivity index (χ2n) is 13.6. The zero-order valence-corrected chi connectivity index (χ0v) is 37.2. The van der Waals surface area contributed by atoms with E-state index in [1.807, 2.05) is 7.05 Å². The fourth-order valence-corrected chi connectivity index (χ4v) is 4.99. The van der Waals surface area contributed by atoms with Gasteiger partial charge in [-0.25, -0.2) is 5.84 Å². The van der Waals surface area contributed by atoms with E-state index >= 15 is 0 Å². The van der Waals surface area contributed by atoms with E-state index in [9.17, 15) is 19.2 Å². The van der Waals surface area contributed by atoms with E-state index in [0.717, 1.165) is 5.56 Å². The van der Waals surface area contributed by atoms with Crippen LogP contribution in [0, 0.1) is 0 Å². The molecule has 0 saturated carbocycles. The van der Waals surface area contributed by atoms with Gasteiger partial charge in [0.05, 0.1) is 112 Å². The summed E-state index contributed by atoms with van der Waals surface area (Å²) in [4.78, 5) is 48.6. The van der Waals surface area contributed by atoms with E-state index in [4.69, 9.17) is 64.7 Å². The van der Waals surface area contributed by atoms with Crippen LogP contribution in [0.4, 0.5) is 5.69 Å². The first-order chi connectivity index (χ1) is 30.6. The smallest absolute Gasteiger partial charge is 0.302 e. The second kappa shape index (κ2) is 40.7. The van der Waals surface area contributed by atoms with E-state index in [-0.39, 0.29) is 32.3 Å². The zero-order valence-electron chi connectivity index (χ0n) is 37.2. The zero-order chi connectivity index (χ0) is 46.0. The number of unbranched alkanes of at least 4 members (excludes halogenated alkanes) is 1. The lowest BCUT2D eigenvalue weighted by Gasteiger charge is -2.18. The molecular formula is C41H74N8O14. The van der Waals surface area contributed by atoms with Crippen molar-refractivity contribution < 1.29 is 66.5 Å². The number of nitrogens with two attached hydrogens (primary N) is 3. The summed E-state index contributed by atoms with van der Waals surface area (Å²) in [6, 6.07) is 5.97. The van der Waals surface area contributed by atoms with E-state index in [2.05, 4.69) is 21.3 Å². The van der Waals surface area contributed by atoms with Crippen molar-refractivity contribution in [2.45, 2.75) is 38.8 Å². The molecule has 362 valence electrons. The van der Waals surface area contributed by atoms with Gasteiger partial charge in [-0.15, -0.1) is 0 Å². The number of carbonyl (C=O) groups excluding carboxylic acids is 4. The molecule has 0 saturated heterocycles. The first-order valence-electron chi connectivity index (χ1n) is 21.3. The van der Waals surface area contributed by atoms with Crippen LogP contribution in [0.3, 0.4) is 0 Å². The molecule has 22 heteroatoms. The number of anilines is 1. The maximum Gasteiger partial charge on any atom is 0.302 e. The molecule has 22 nitrogen and oxygen atoms in total. The Balaban J connectivity index is 1.92. The van der Waals surface area contributed by atoms with Crippen LogP contribution in [-0.4, -0.2) is 187 Å². The molecule has 0 spiro atoms. The number of carbonyl (C=O) groups is 4. The molecule has 0 aromatic heterocycles. The normalized spacial score (nSPS) is 11.9. The first-order valence-corrected chi connectivity index (χ1v) is 21.3. The number of ether oxygens (including phenoxy) is 10. The molecule has 63 heavy (non-hydrogen) atoms. The van der Waals surface area contributed by atoms with Crippen LogP contribution >= 0.6 is 0 Å². The summed E-state index contributed by atoms with van der Waals surface area (Å²) in [5.74, 6) is 4.07. The highest BCUT2D eigenvalue weighted by Gasteiger charge is 2.21. The number of esters is 1. The number of nitrogens with one attached hydrogen (secondary N) is 4. The summed E-state index contributed by atoms with van der Waals surface area (Å²) in [5.41, 5.74) is 13.3. The summed E-state index contributed by atoms with van der Waals surface area (Å²) in [5, 5.41) is 12.5. The topological polar surface area (TPSA) is 290 Å². The highest BCUT2D eigenvalue weighted by molar-refractivity contribution is 5.97. The Kier molecular flexibility index (Phi) is 36.8. The predicted molar refractivity (Wildman–Crippen MR) is 233 cm³/mol. The molecule has 0 fully saturated rings. The Morgan fingerprint density at radius 1 is 0.683 bits per heavy atom. The lowest BCUT2D eigenvalue weighted by Crippen LogP contribution is -2.45. The number of amides is 3. The molecule has 1 unspecified atom stereocenters. The minimum Gasteiger partial charge on any atom is -0.461 e. The molecule has 1 aromatic carbocycles. The molecule has 0 bridgehead atoms. The van der Waals surface area contributed by atoms with E-state index in [1.54, 1.807) is 30.5 Å². The number of nitrogens with zero attached hydrogens (tertiary/aromatic N) is 1. The van der Waals surface area contributed by atoms with Crippen molar-refractivity contribution in [1.82, 2.24) is 21.0 Å². The van der Waals surface area contributed by atoms with Gasteiger partial charge in [-0.1, -0.05) is 12.1 Å². The van der Waals surface area contributed by atoms with Gasteiger partial charge in [-0.2, -0.15) is 0 Å². The molecule has 0 heterocycles. The Morgan fingerprint density at radius 2 is 1.17 bits per heavy atom. The first kappa shape index (κ1) is 57.0. The van der Waals surface area contributed by atoms with Gasteiger partial charge in [0.2, 0.25) is 17.7 Å². The fourth-order valence-electron chi connectivity index (χ4n) is 4.99. The van der Waals surface area contributed by atoms with Crippen molar-refractivity contribution in [1.29, 1.82) is 0 Å². The van der Waals surface area contributed by atoms with Gasteiger partial charge in [0.25, 0.3) is 0 Å². The SMILES string of the molecule is CNC/C(N)=C/N(N)CCOCCOCCOCCOCCOCCOCCOCCOCCNC(=O)COCC(=O)NC(CCCCN)C(=O)Nc1ccc(COC(C)=O)cc1. The number of benzene rings is 1. The molecule has 1 rings (SSSR count). The summed E-state index contributed by atoms with van der Waals surface area (Å²) >= 11 is 0. The van der Waals surface area contributed by atoms with Crippen LogP contribution in [0.15, 0.2) is 36.2 Å². The van der Waals surface area contributed by atoms with Gasteiger partial charge in [-0.05, 0) is 50.6 Å². The summed E-state index contributed by atoms with van der Waals surface area (Å²) in [6.45, 7) is 9.34. The van der Waals surface area contributed by atoms with Gasteiger partial charge >= 0.3 is 5.97 Å². The number of rotatable bonds is 43. The minimum atomic E-state index is -0.833. The third-order valence-corrected chi connectivity index (χ3v) is 8.11. The number of hydrogen-bond donors (Lipinski definition) is 7. The molecule has 10 N–H and O–H groups in total. The Labute approximate surface area is 371 Å². The molecular weight excluding hydrogens is 828 g/mol. The quantitative estimate of drug-likeness (QED) is 0.0175. The van der Waals surface area contributed by atoms with Gasteiger partial charge in [-0.3, -0.25) is 19.2 Å². The third-order valence-electron chi connectivity index (χ3n) is 8.11. The lowest BCUT2D eigenvalue weighted by molar-refractivity contribution is -0.142. The van der Waals surface area contributed by atoms with Crippen molar-refractivity contribution >= 4 is 29.4 Å². The average Bonchev–Trinajstić information content (AvgIpc) is 3.25. The average molecular weight is 903 g/mol.